The second-order valence-corrected chi connectivity index (χ2v) is 5.79. The molecule has 1 aromatic heterocycles. The van der Waals surface area contributed by atoms with E-state index < -0.39 is 0 Å². The zero-order valence-corrected chi connectivity index (χ0v) is 12.2. The predicted octanol–water partition coefficient (Wildman–Crippen LogP) is 2.14. The van der Waals surface area contributed by atoms with Crippen LogP contribution in [0.3, 0.4) is 0 Å². The van der Waals surface area contributed by atoms with Crippen LogP contribution < -0.4 is 5.32 Å². The highest BCUT2D eigenvalue weighted by Gasteiger charge is 2.21. The van der Waals surface area contributed by atoms with Gasteiger partial charge in [-0.3, -0.25) is 4.79 Å². The third kappa shape index (κ3) is 3.38. The molecule has 4 heteroatoms. The van der Waals surface area contributed by atoms with Gasteiger partial charge in [-0.25, -0.2) is 0 Å². The van der Waals surface area contributed by atoms with Crippen LogP contribution in [0.4, 0.5) is 0 Å². The quantitative estimate of drug-likeness (QED) is 0.903. The fraction of sp³-hybridized carbons (Fsp3) is 0.667. The monoisotopic (exact) mass is 263 g/mol. The molecule has 1 saturated heterocycles. The van der Waals surface area contributed by atoms with Crippen LogP contribution in [-0.4, -0.2) is 42.1 Å². The Morgan fingerprint density at radius 1 is 1.58 bits per heavy atom. The largest absolute Gasteiger partial charge is 0.341 e. The maximum Gasteiger partial charge on any atom is 0.270 e. The first-order valence-corrected chi connectivity index (χ1v) is 7.22. The number of carbonyl (C=O) groups is 1. The van der Waals surface area contributed by atoms with E-state index in [1.165, 1.54) is 12.8 Å². The molecular formula is C15H25N3O. The number of aromatic nitrogens is 1. The van der Waals surface area contributed by atoms with Crippen LogP contribution in [0.2, 0.25) is 0 Å². The minimum absolute atomic E-state index is 0.129. The lowest BCUT2D eigenvalue weighted by Crippen LogP contribution is -2.39. The topological polar surface area (TPSA) is 37.3 Å². The molecule has 1 aliphatic heterocycles. The van der Waals surface area contributed by atoms with E-state index >= 15 is 0 Å². The van der Waals surface area contributed by atoms with E-state index in [2.05, 4.69) is 19.2 Å². The highest BCUT2D eigenvalue weighted by atomic mass is 16.2. The summed E-state index contributed by atoms with van der Waals surface area (Å²) >= 11 is 0. The normalized spacial score (nSPS) is 19.7. The summed E-state index contributed by atoms with van der Waals surface area (Å²) in [6, 6.07) is 4.18. The second kappa shape index (κ2) is 6.24. The molecule has 0 radical (unpaired) electrons. The minimum Gasteiger partial charge on any atom is -0.341 e. The van der Waals surface area contributed by atoms with E-state index in [4.69, 9.17) is 0 Å². The van der Waals surface area contributed by atoms with Crippen molar-refractivity contribution in [1.29, 1.82) is 0 Å². The van der Waals surface area contributed by atoms with E-state index in [0.29, 0.717) is 12.0 Å². The maximum absolute atomic E-state index is 12.5. The fourth-order valence-corrected chi connectivity index (χ4v) is 2.77. The van der Waals surface area contributed by atoms with Crippen molar-refractivity contribution < 1.29 is 4.79 Å². The Kier molecular flexibility index (Phi) is 4.64. The number of hydrogen-bond donors (Lipinski definition) is 1. The van der Waals surface area contributed by atoms with Crippen molar-refractivity contribution in [2.75, 3.05) is 26.7 Å². The number of nitrogens with one attached hydrogen (secondary N) is 1. The first-order chi connectivity index (χ1) is 9.09. The van der Waals surface area contributed by atoms with Gasteiger partial charge in [0.05, 0.1) is 0 Å². The number of carbonyl (C=O) groups excluding carboxylic acids is 1. The first-order valence-electron chi connectivity index (χ1n) is 7.22. The van der Waals surface area contributed by atoms with Gasteiger partial charge in [0.25, 0.3) is 5.91 Å². The van der Waals surface area contributed by atoms with E-state index in [0.717, 1.165) is 25.3 Å². The number of amides is 1. The van der Waals surface area contributed by atoms with Gasteiger partial charge in [-0.15, -0.1) is 0 Å². The van der Waals surface area contributed by atoms with Crippen molar-refractivity contribution in [3.05, 3.63) is 24.0 Å². The Bertz CT molecular complexity index is 419. The second-order valence-electron chi connectivity index (χ2n) is 5.79. The van der Waals surface area contributed by atoms with E-state index in [9.17, 15) is 4.79 Å². The molecular weight excluding hydrogens is 238 g/mol. The van der Waals surface area contributed by atoms with E-state index in [1.54, 1.807) is 0 Å². The zero-order valence-electron chi connectivity index (χ0n) is 12.2. The minimum atomic E-state index is 0.129. The average molecular weight is 263 g/mol. The number of hydrogen-bond acceptors (Lipinski definition) is 2. The first kappa shape index (κ1) is 14.1. The standard InChI is InChI=1S/C15H25N3O/c1-12(2)18-9-5-7-14(18)15(19)17(3)11-13-6-4-8-16-10-13/h5,7,9,12-13,16H,4,6,8,10-11H2,1-3H3. The van der Waals surface area contributed by atoms with Crippen LogP contribution in [0.1, 0.15) is 43.2 Å². The van der Waals surface area contributed by atoms with Gasteiger partial charge in [-0.2, -0.15) is 0 Å². The molecule has 2 rings (SSSR count). The van der Waals surface area contributed by atoms with Crippen LogP contribution in [0.15, 0.2) is 18.3 Å². The van der Waals surface area contributed by atoms with Gasteiger partial charge >= 0.3 is 0 Å². The van der Waals surface area contributed by atoms with Crippen LogP contribution in [0.5, 0.6) is 0 Å². The lowest BCUT2D eigenvalue weighted by Gasteiger charge is -2.28. The molecule has 1 N–H and O–H groups in total. The molecule has 0 bridgehead atoms. The van der Waals surface area contributed by atoms with Crippen LogP contribution >= 0.6 is 0 Å². The Balaban J connectivity index is 1.99. The molecule has 1 amide bonds. The Morgan fingerprint density at radius 2 is 2.37 bits per heavy atom. The molecule has 106 valence electrons. The molecule has 1 unspecified atom stereocenters. The van der Waals surface area contributed by atoms with Gasteiger partial charge in [0, 0.05) is 25.8 Å². The fourth-order valence-electron chi connectivity index (χ4n) is 2.77. The van der Waals surface area contributed by atoms with Crippen molar-refractivity contribution in [2.45, 2.75) is 32.7 Å². The average Bonchev–Trinajstić information content (AvgIpc) is 2.88. The number of piperidine rings is 1. The third-order valence-corrected chi connectivity index (χ3v) is 3.83. The van der Waals surface area contributed by atoms with Gasteiger partial charge in [-0.1, -0.05) is 0 Å². The van der Waals surface area contributed by atoms with Crippen molar-refractivity contribution in [3.8, 4) is 0 Å². The molecule has 2 heterocycles. The summed E-state index contributed by atoms with van der Waals surface area (Å²) in [6.45, 7) is 7.19. The molecule has 19 heavy (non-hydrogen) atoms. The zero-order chi connectivity index (χ0) is 13.8. The van der Waals surface area contributed by atoms with Crippen molar-refractivity contribution in [3.63, 3.8) is 0 Å². The molecule has 1 aromatic rings. The summed E-state index contributed by atoms with van der Waals surface area (Å²) in [4.78, 5) is 14.4. The van der Waals surface area contributed by atoms with Gasteiger partial charge in [-0.05, 0) is 57.8 Å². The molecule has 0 spiro atoms. The van der Waals surface area contributed by atoms with Gasteiger partial charge < -0.3 is 14.8 Å². The van der Waals surface area contributed by atoms with Crippen LogP contribution in [0.25, 0.3) is 0 Å². The van der Waals surface area contributed by atoms with Gasteiger partial charge in [0.15, 0.2) is 0 Å². The molecule has 1 fully saturated rings. The third-order valence-electron chi connectivity index (χ3n) is 3.83. The summed E-state index contributed by atoms with van der Waals surface area (Å²) in [6.07, 6.45) is 4.42. The Morgan fingerprint density at radius 3 is 3.00 bits per heavy atom. The van der Waals surface area contributed by atoms with Crippen LogP contribution in [0, 0.1) is 5.92 Å². The molecule has 4 nitrogen and oxygen atoms in total. The van der Waals surface area contributed by atoms with E-state index in [1.807, 2.05) is 34.8 Å². The number of rotatable bonds is 4. The summed E-state index contributed by atoms with van der Waals surface area (Å²) in [5.41, 5.74) is 0.793. The maximum atomic E-state index is 12.5. The highest BCUT2D eigenvalue weighted by Crippen LogP contribution is 2.15. The lowest BCUT2D eigenvalue weighted by atomic mass is 9.99. The van der Waals surface area contributed by atoms with E-state index in [-0.39, 0.29) is 5.91 Å². The Labute approximate surface area is 115 Å². The smallest absolute Gasteiger partial charge is 0.270 e. The van der Waals surface area contributed by atoms with Crippen molar-refractivity contribution in [2.24, 2.45) is 5.92 Å². The lowest BCUT2D eigenvalue weighted by molar-refractivity contribution is 0.0752. The Hall–Kier alpha value is -1.29. The summed E-state index contributed by atoms with van der Waals surface area (Å²) in [5.74, 6) is 0.717. The highest BCUT2D eigenvalue weighted by molar-refractivity contribution is 5.92. The SMILES string of the molecule is CC(C)n1cccc1C(=O)N(C)CC1CCCNC1. The molecule has 0 aliphatic carbocycles. The van der Waals surface area contributed by atoms with Crippen molar-refractivity contribution >= 4 is 5.91 Å². The molecule has 1 aliphatic rings. The van der Waals surface area contributed by atoms with Crippen LogP contribution in [-0.2, 0) is 0 Å². The molecule has 1 atom stereocenters. The van der Waals surface area contributed by atoms with Gasteiger partial charge in [0.2, 0.25) is 0 Å². The molecule has 0 saturated carbocycles. The van der Waals surface area contributed by atoms with Crippen molar-refractivity contribution in [1.82, 2.24) is 14.8 Å². The summed E-state index contributed by atoms with van der Waals surface area (Å²) < 4.78 is 2.04. The summed E-state index contributed by atoms with van der Waals surface area (Å²) in [7, 11) is 1.91. The summed E-state index contributed by atoms with van der Waals surface area (Å²) in [5, 5.41) is 3.40. The van der Waals surface area contributed by atoms with Gasteiger partial charge in [0.1, 0.15) is 5.69 Å². The molecule has 0 aromatic carbocycles. The predicted molar refractivity (Wildman–Crippen MR) is 77.4 cm³/mol. The number of nitrogens with zero attached hydrogens (tertiary/aromatic N) is 2.